The molecule has 0 aliphatic carbocycles. The molecule has 1 aromatic carbocycles. The van der Waals surface area contributed by atoms with Crippen molar-refractivity contribution in [1.82, 2.24) is 0 Å². The van der Waals surface area contributed by atoms with Crippen LogP contribution < -0.4 is 10.1 Å². The van der Waals surface area contributed by atoms with E-state index >= 15 is 0 Å². The molecule has 1 amide bonds. The zero-order chi connectivity index (χ0) is 16.1. The van der Waals surface area contributed by atoms with Crippen molar-refractivity contribution >= 4 is 40.5 Å². The summed E-state index contributed by atoms with van der Waals surface area (Å²) in [5, 5.41) is 2.65. The van der Waals surface area contributed by atoms with Gasteiger partial charge in [-0.2, -0.15) is 0 Å². The fourth-order valence-electron chi connectivity index (χ4n) is 1.73. The van der Waals surface area contributed by atoms with Crippen LogP contribution in [0, 0.1) is 6.92 Å². The Balaban J connectivity index is 1.93. The van der Waals surface area contributed by atoms with Gasteiger partial charge >= 0.3 is 5.97 Å². The van der Waals surface area contributed by atoms with Crippen molar-refractivity contribution in [2.24, 2.45) is 0 Å². The molecule has 116 valence electrons. The molecule has 22 heavy (non-hydrogen) atoms. The van der Waals surface area contributed by atoms with E-state index in [-0.39, 0.29) is 6.61 Å². The van der Waals surface area contributed by atoms with E-state index < -0.39 is 11.9 Å². The third-order valence-corrected chi connectivity index (χ3v) is 3.95. The van der Waals surface area contributed by atoms with Crippen molar-refractivity contribution in [3.8, 4) is 5.75 Å². The number of anilines is 1. The third-order valence-electron chi connectivity index (χ3n) is 2.74. The van der Waals surface area contributed by atoms with Gasteiger partial charge in [-0.05, 0) is 36.8 Å². The maximum Gasteiger partial charge on any atom is 0.348 e. The zero-order valence-electron chi connectivity index (χ0n) is 12.0. The van der Waals surface area contributed by atoms with E-state index in [1.807, 2.05) is 13.0 Å². The van der Waals surface area contributed by atoms with Crippen LogP contribution in [0.2, 0.25) is 4.34 Å². The number of halogens is 1. The number of hydrogen-bond acceptors (Lipinski definition) is 5. The number of amides is 1. The van der Waals surface area contributed by atoms with Crippen LogP contribution in [-0.2, 0) is 9.53 Å². The van der Waals surface area contributed by atoms with Crippen LogP contribution in [0.15, 0.2) is 30.3 Å². The molecular formula is C15H14ClNO4S. The number of carbonyl (C=O) groups is 2. The molecule has 0 radical (unpaired) electrons. The van der Waals surface area contributed by atoms with E-state index in [0.717, 1.165) is 16.9 Å². The second-order valence-corrected chi connectivity index (χ2v) is 6.15. The summed E-state index contributed by atoms with van der Waals surface area (Å²) in [6.07, 6.45) is 0. The Hall–Kier alpha value is -2.05. The fourth-order valence-corrected chi connectivity index (χ4v) is 2.67. The number of benzene rings is 1. The summed E-state index contributed by atoms with van der Waals surface area (Å²) in [5.41, 5.74) is 1.50. The maximum absolute atomic E-state index is 11.9. The van der Waals surface area contributed by atoms with Crippen LogP contribution in [0.5, 0.6) is 5.75 Å². The normalized spacial score (nSPS) is 10.1. The molecule has 2 aromatic rings. The SMILES string of the molecule is COc1ccc(C)cc1NC(=O)COC(=O)c1ccc(Cl)s1. The summed E-state index contributed by atoms with van der Waals surface area (Å²) < 4.78 is 10.6. The average Bonchev–Trinajstić information content (AvgIpc) is 2.92. The first-order valence-corrected chi connectivity index (χ1v) is 7.56. The van der Waals surface area contributed by atoms with Crippen molar-refractivity contribution in [3.05, 3.63) is 45.1 Å². The molecule has 1 aromatic heterocycles. The second-order valence-electron chi connectivity index (χ2n) is 4.43. The highest BCUT2D eigenvalue weighted by Crippen LogP contribution is 2.25. The molecule has 5 nitrogen and oxygen atoms in total. The van der Waals surface area contributed by atoms with Crippen molar-refractivity contribution in [1.29, 1.82) is 0 Å². The van der Waals surface area contributed by atoms with E-state index in [2.05, 4.69) is 5.32 Å². The molecule has 2 rings (SSSR count). The van der Waals surface area contributed by atoms with Crippen LogP contribution in [0.1, 0.15) is 15.2 Å². The van der Waals surface area contributed by atoms with Gasteiger partial charge in [0.1, 0.15) is 10.6 Å². The molecule has 1 N–H and O–H groups in total. The summed E-state index contributed by atoms with van der Waals surface area (Å²) in [5.74, 6) is -0.488. The lowest BCUT2D eigenvalue weighted by Gasteiger charge is -2.11. The number of carbonyl (C=O) groups excluding carboxylic acids is 2. The van der Waals surface area contributed by atoms with E-state index in [1.165, 1.54) is 7.11 Å². The molecule has 0 saturated carbocycles. The number of methoxy groups -OCH3 is 1. The first kappa shape index (κ1) is 16.3. The Bertz CT molecular complexity index is 699. The predicted molar refractivity (Wildman–Crippen MR) is 86.0 cm³/mol. The van der Waals surface area contributed by atoms with Gasteiger partial charge in [-0.3, -0.25) is 4.79 Å². The standard InChI is InChI=1S/C15H14ClNO4S/c1-9-3-4-11(20-2)10(7-9)17-14(18)8-21-15(19)12-5-6-13(16)22-12/h3-7H,8H2,1-2H3,(H,17,18). The van der Waals surface area contributed by atoms with Crippen molar-refractivity contribution < 1.29 is 19.1 Å². The van der Waals surface area contributed by atoms with Gasteiger partial charge in [0.25, 0.3) is 5.91 Å². The van der Waals surface area contributed by atoms with Gasteiger partial charge in [0.15, 0.2) is 6.61 Å². The van der Waals surface area contributed by atoms with E-state index in [9.17, 15) is 9.59 Å². The first-order chi connectivity index (χ1) is 10.5. The van der Waals surface area contributed by atoms with Crippen LogP contribution in [0.4, 0.5) is 5.69 Å². The van der Waals surface area contributed by atoms with Crippen molar-refractivity contribution in [2.45, 2.75) is 6.92 Å². The highest BCUT2D eigenvalue weighted by Gasteiger charge is 2.13. The Morgan fingerprint density at radius 1 is 1.27 bits per heavy atom. The predicted octanol–water partition coefficient (Wildman–Crippen LogP) is 3.51. The quantitative estimate of drug-likeness (QED) is 0.846. The molecule has 1 heterocycles. The number of esters is 1. The molecule has 0 fully saturated rings. The minimum absolute atomic E-state index is 0.353. The largest absolute Gasteiger partial charge is 0.495 e. The van der Waals surface area contributed by atoms with Gasteiger partial charge in [0, 0.05) is 0 Å². The van der Waals surface area contributed by atoms with Gasteiger partial charge in [0.05, 0.1) is 17.1 Å². The van der Waals surface area contributed by atoms with Crippen LogP contribution in [-0.4, -0.2) is 25.6 Å². The average molecular weight is 340 g/mol. The van der Waals surface area contributed by atoms with Gasteiger partial charge in [-0.25, -0.2) is 4.79 Å². The number of aryl methyl sites for hydroxylation is 1. The molecule has 7 heteroatoms. The third kappa shape index (κ3) is 4.22. The second kappa shape index (κ2) is 7.29. The van der Waals surface area contributed by atoms with E-state index in [4.69, 9.17) is 21.1 Å². The molecular weight excluding hydrogens is 326 g/mol. The van der Waals surface area contributed by atoms with Crippen LogP contribution >= 0.6 is 22.9 Å². The maximum atomic E-state index is 11.9. The smallest absolute Gasteiger partial charge is 0.348 e. The van der Waals surface area contributed by atoms with Gasteiger partial charge in [0.2, 0.25) is 0 Å². The number of hydrogen-bond donors (Lipinski definition) is 1. The molecule has 0 aliphatic heterocycles. The summed E-state index contributed by atoms with van der Waals surface area (Å²) in [4.78, 5) is 23.9. The van der Waals surface area contributed by atoms with Gasteiger partial charge in [-0.1, -0.05) is 17.7 Å². The lowest BCUT2D eigenvalue weighted by atomic mass is 10.2. The molecule has 0 aliphatic rings. The lowest BCUT2D eigenvalue weighted by molar-refractivity contribution is -0.119. The first-order valence-electron chi connectivity index (χ1n) is 6.36. The highest BCUT2D eigenvalue weighted by atomic mass is 35.5. The van der Waals surface area contributed by atoms with Crippen LogP contribution in [0.25, 0.3) is 0 Å². The van der Waals surface area contributed by atoms with Gasteiger partial charge in [-0.15, -0.1) is 11.3 Å². The molecule has 0 spiro atoms. The summed E-state index contributed by atoms with van der Waals surface area (Å²) in [6, 6.07) is 8.55. The highest BCUT2D eigenvalue weighted by molar-refractivity contribution is 7.17. The van der Waals surface area contributed by atoms with Crippen molar-refractivity contribution in [3.63, 3.8) is 0 Å². The number of rotatable bonds is 5. The molecule has 0 unspecified atom stereocenters. The zero-order valence-corrected chi connectivity index (χ0v) is 13.6. The van der Waals surface area contributed by atoms with E-state index in [0.29, 0.717) is 20.7 Å². The van der Waals surface area contributed by atoms with Gasteiger partial charge < -0.3 is 14.8 Å². The van der Waals surface area contributed by atoms with E-state index in [1.54, 1.807) is 24.3 Å². The van der Waals surface area contributed by atoms with Crippen molar-refractivity contribution in [2.75, 3.05) is 19.0 Å². The minimum atomic E-state index is -0.580. The Morgan fingerprint density at radius 3 is 2.68 bits per heavy atom. The topological polar surface area (TPSA) is 64.6 Å². The minimum Gasteiger partial charge on any atom is -0.495 e. The Kier molecular flexibility index (Phi) is 5.41. The summed E-state index contributed by atoms with van der Waals surface area (Å²) in [6.45, 7) is 1.51. The van der Waals surface area contributed by atoms with Crippen LogP contribution in [0.3, 0.4) is 0 Å². The Labute approximate surface area is 136 Å². The summed E-state index contributed by atoms with van der Waals surface area (Å²) in [7, 11) is 1.51. The summed E-state index contributed by atoms with van der Waals surface area (Å²) >= 11 is 6.84. The molecule has 0 bridgehead atoms. The number of nitrogens with one attached hydrogen (secondary N) is 1. The monoisotopic (exact) mass is 339 g/mol. The Morgan fingerprint density at radius 2 is 2.05 bits per heavy atom. The number of ether oxygens (including phenoxy) is 2. The molecule has 0 saturated heterocycles. The lowest BCUT2D eigenvalue weighted by Crippen LogP contribution is -2.21. The number of thiophene rings is 1. The fraction of sp³-hybridized carbons (Fsp3) is 0.200. The molecule has 0 atom stereocenters.